The fraction of sp³-hybridized carbons (Fsp3) is 0.227. The van der Waals surface area contributed by atoms with Crippen LogP contribution in [0, 0.1) is 0 Å². The van der Waals surface area contributed by atoms with Crippen LogP contribution in [0.5, 0.6) is 11.5 Å². The third-order valence-corrected chi connectivity index (χ3v) is 4.61. The summed E-state index contributed by atoms with van der Waals surface area (Å²) < 4.78 is 10.6. The van der Waals surface area contributed by atoms with Crippen molar-refractivity contribution in [2.75, 3.05) is 17.0 Å². The van der Waals surface area contributed by atoms with Crippen LogP contribution in [0.15, 0.2) is 60.9 Å². The van der Waals surface area contributed by atoms with E-state index < -0.39 is 0 Å². The third-order valence-electron chi connectivity index (χ3n) is 4.61. The molecule has 0 fully saturated rings. The predicted octanol–water partition coefficient (Wildman–Crippen LogP) is 3.87. The molecule has 0 spiro atoms. The minimum Gasteiger partial charge on any atom is -0.454 e. The Morgan fingerprint density at radius 1 is 1.07 bits per heavy atom. The highest BCUT2D eigenvalue weighted by Crippen LogP contribution is 2.34. The van der Waals surface area contributed by atoms with Gasteiger partial charge in [0.25, 0.3) is 5.91 Å². The first-order valence-corrected chi connectivity index (χ1v) is 9.44. The van der Waals surface area contributed by atoms with Crippen LogP contribution in [-0.4, -0.2) is 28.7 Å². The number of nitrogens with zero attached hydrogens (tertiary/aromatic N) is 3. The lowest BCUT2D eigenvalue weighted by Gasteiger charge is -2.26. The molecule has 1 amide bonds. The number of hydrogen-bond acceptors (Lipinski definition) is 6. The van der Waals surface area contributed by atoms with Gasteiger partial charge in [-0.25, -0.2) is 9.97 Å². The van der Waals surface area contributed by atoms with Gasteiger partial charge in [-0.3, -0.25) is 4.79 Å². The second-order valence-electron chi connectivity index (χ2n) is 7.00. The summed E-state index contributed by atoms with van der Waals surface area (Å²) >= 11 is 0. The predicted molar refractivity (Wildman–Crippen MR) is 110 cm³/mol. The lowest BCUT2D eigenvalue weighted by molar-refractivity contribution is 0.102. The number of anilines is 2. The fourth-order valence-corrected chi connectivity index (χ4v) is 3.03. The van der Waals surface area contributed by atoms with Gasteiger partial charge in [0.15, 0.2) is 11.5 Å². The molecule has 1 aliphatic rings. The van der Waals surface area contributed by atoms with E-state index in [9.17, 15) is 4.79 Å². The van der Waals surface area contributed by atoms with Crippen LogP contribution < -0.4 is 19.7 Å². The van der Waals surface area contributed by atoms with E-state index in [4.69, 9.17) is 9.47 Å². The highest BCUT2D eigenvalue weighted by atomic mass is 16.7. The van der Waals surface area contributed by atoms with Crippen LogP contribution in [0.3, 0.4) is 0 Å². The van der Waals surface area contributed by atoms with E-state index in [1.807, 2.05) is 18.2 Å². The number of carbonyl (C=O) groups excluding carboxylic acids is 1. The minimum atomic E-state index is -0.283. The van der Waals surface area contributed by atoms with Gasteiger partial charge in [-0.1, -0.05) is 30.3 Å². The molecule has 0 aliphatic carbocycles. The lowest BCUT2D eigenvalue weighted by Crippen LogP contribution is -2.31. The van der Waals surface area contributed by atoms with Gasteiger partial charge in [-0.15, -0.1) is 0 Å². The van der Waals surface area contributed by atoms with Crippen molar-refractivity contribution in [3.8, 4) is 11.5 Å². The summed E-state index contributed by atoms with van der Waals surface area (Å²) in [6, 6.07) is 15.6. The van der Waals surface area contributed by atoms with Crippen LogP contribution in [0.1, 0.15) is 29.8 Å². The maximum Gasteiger partial charge on any atom is 0.258 e. The molecule has 0 saturated carbocycles. The second kappa shape index (κ2) is 8.18. The Morgan fingerprint density at radius 2 is 1.79 bits per heavy atom. The summed E-state index contributed by atoms with van der Waals surface area (Å²) in [5, 5.41) is 2.83. The standard InChI is InChI=1S/C22H22N4O3/c1-15(2)26(13-16-6-4-3-5-7-16)22-23-11-17(12-24-22)21(27)25-18-8-9-19-20(10-18)29-14-28-19/h3-12,15H,13-14H2,1-2H3,(H,25,27). The zero-order valence-corrected chi connectivity index (χ0v) is 16.3. The number of aromatic nitrogens is 2. The van der Waals surface area contributed by atoms with Crippen molar-refractivity contribution >= 4 is 17.5 Å². The zero-order valence-electron chi connectivity index (χ0n) is 16.3. The molecule has 4 rings (SSSR count). The summed E-state index contributed by atoms with van der Waals surface area (Å²) in [5.74, 6) is 1.59. The van der Waals surface area contributed by atoms with E-state index in [1.54, 1.807) is 30.6 Å². The smallest absolute Gasteiger partial charge is 0.258 e. The normalized spacial score (nSPS) is 12.1. The molecule has 2 aromatic carbocycles. The van der Waals surface area contributed by atoms with Crippen LogP contribution >= 0.6 is 0 Å². The van der Waals surface area contributed by atoms with Gasteiger partial charge in [0, 0.05) is 36.7 Å². The van der Waals surface area contributed by atoms with Crippen molar-refractivity contribution < 1.29 is 14.3 Å². The van der Waals surface area contributed by atoms with Gasteiger partial charge in [-0.05, 0) is 31.5 Å². The minimum absolute atomic E-state index is 0.192. The quantitative estimate of drug-likeness (QED) is 0.688. The number of amides is 1. The molecule has 3 aromatic rings. The summed E-state index contributed by atoms with van der Waals surface area (Å²) in [5.41, 5.74) is 2.18. The number of rotatable bonds is 6. The molecule has 7 heteroatoms. The van der Waals surface area contributed by atoms with Crippen molar-refractivity contribution in [2.45, 2.75) is 26.4 Å². The molecule has 0 atom stereocenters. The SMILES string of the molecule is CC(C)N(Cc1ccccc1)c1ncc(C(=O)Nc2ccc3c(c2)OCO3)cn1. The average molecular weight is 390 g/mol. The number of ether oxygens (including phenoxy) is 2. The van der Waals surface area contributed by atoms with Crippen LogP contribution in [-0.2, 0) is 6.54 Å². The van der Waals surface area contributed by atoms with Crippen molar-refractivity contribution in [3.63, 3.8) is 0 Å². The van der Waals surface area contributed by atoms with E-state index in [2.05, 4.69) is 46.2 Å². The Kier molecular flexibility index (Phi) is 5.29. The Labute approximate surface area is 169 Å². The molecular formula is C22H22N4O3. The largest absolute Gasteiger partial charge is 0.454 e. The summed E-state index contributed by atoms with van der Waals surface area (Å²) in [6.45, 7) is 5.07. The molecule has 1 aliphatic heterocycles. The lowest BCUT2D eigenvalue weighted by atomic mass is 10.2. The summed E-state index contributed by atoms with van der Waals surface area (Å²) in [6.07, 6.45) is 3.09. The third kappa shape index (κ3) is 4.29. The zero-order chi connectivity index (χ0) is 20.2. The van der Waals surface area contributed by atoms with E-state index in [-0.39, 0.29) is 18.7 Å². The second-order valence-corrected chi connectivity index (χ2v) is 7.00. The van der Waals surface area contributed by atoms with Crippen molar-refractivity contribution in [3.05, 3.63) is 72.1 Å². The molecular weight excluding hydrogens is 368 g/mol. The highest BCUT2D eigenvalue weighted by Gasteiger charge is 2.17. The van der Waals surface area contributed by atoms with Gasteiger partial charge in [0.2, 0.25) is 12.7 Å². The fourth-order valence-electron chi connectivity index (χ4n) is 3.03. The van der Waals surface area contributed by atoms with E-state index in [1.165, 1.54) is 5.56 Å². The maximum atomic E-state index is 12.5. The molecule has 0 unspecified atom stereocenters. The summed E-state index contributed by atoms with van der Waals surface area (Å²) in [7, 11) is 0. The molecule has 2 heterocycles. The number of nitrogens with one attached hydrogen (secondary N) is 1. The topological polar surface area (TPSA) is 76.6 Å². The first-order valence-electron chi connectivity index (χ1n) is 9.44. The molecule has 7 nitrogen and oxygen atoms in total. The first kappa shape index (κ1) is 18.7. The van der Waals surface area contributed by atoms with Crippen molar-refractivity contribution in [1.29, 1.82) is 0 Å². The molecule has 1 N–H and O–H groups in total. The molecule has 29 heavy (non-hydrogen) atoms. The maximum absolute atomic E-state index is 12.5. The molecule has 148 valence electrons. The number of carbonyl (C=O) groups is 1. The first-order chi connectivity index (χ1) is 14.1. The van der Waals surface area contributed by atoms with E-state index in [0.717, 1.165) is 0 Å². The summed E-state index contributed by atoms with van der Waals surface area (Å²) in [4.78, 5) is 23.5. The average Bonchev–Trinajstić information content (AvgIpc) is 3.20. The van der Waals surface area contributed by atoms with Crippen LogP contribution in [0.2, 0.25) is 0 Å². The van der Waals surface area contributed by atoms with Gasteiger partial charge in [0.05, 0.1) is 5.56 Å². The monoisotopic (exact) mass is 390 g/mol. The van der Waals surface area contributed by atoms with Crippen LogP contribution in [0.25, 0.3) is 0 Å². The van der Waals surface area contributed by atoms with Gasteiger partial charge in [0.1, 0.15) is 0 Å². The Morgan fingerprint density at radius 3 is 2.52 bits per heavy atom. The Balaban J connectivity index is 1.46. The molecule has 0 saturated heterocycles. The Hall–Kier alpha value is -3.61. The van der Waals surface area contributed by atoms with Gasteiger partial charge in [-0.2, -0.15) is 0 Å². The van der Waals surface area contributed by atoms with E-state index >= 15 is 0 Å². The van der Waals surface area contributed by atoms with Gasteiger partial charge < -0.3 is 19.7 Å². The Bertz CT molecular complexity index is 991. The highest BCUT2D eigenvalue weighted by molar-refractivity contribution is 6.04. The van der Waals surface area contributed by atoms with E-state index in [0.29, 0.717) is 35.2 Å². The van der Waals surface area contributed by atoms with Gasteiger partial charge >= 0.3 is 0 Å². The molecule has 1 aromatic heterocycles. The number of benzene rings is 2. The van der Waals surface area contributed by atoms with Crippen molar-refractivity contribution in [1.82, 2.24) is 9.97 Å². The number of hydrogen-bond donors (Lipinski definition) is 1. The number of fused-ring (bicyclic) bond motifs is 1. The van der Waals surface area contributed by atoms with Crippen LogP contribution in [0.4, 0.5) is 11.6 Å². The molecule has 0 radical (unpaired) electrons. The molecule has 0 bridgehead atoms. The van der Waals surface area contributed by atoms with Crippen molar-refractivity contribution in [2.24, 2.45) is 0 Å².